The molecule has 1 aliphatic carbocycles. The molecule has 1 atom stereocenters. The first-order valence-electron chi connectivity index (χ1n) is 6.63. The molecule has 0 aromatic carbocycles. The molecule has 1 fully saturated rings. The van der Waals surface area contributed by atoms with Crippen LogP contribution in [0.25, 0.3) is 0 Å². The number of aromatic amines is 1. The Kier molecular flexibility index (Phi) is 5.36. The number of halogens is 3. The van der Waals surface area contributed by atoms with Crippen molar-refractivity contribution in [2.45, 2.75) is 25.8 Å². The number of H-pyrrole nitrogens is 1. The summed E-state index contributed by atoms with van der Waals surface area (Å²) in [6.45, 7) is 1.50. The highest BCUT2D eigenvalue weighted by molar-refractivity contribution is 6.45. The first-order valence-corrected chi connectivity index (χ1v) is 7.76. The topological polar surface area (TPSA) is 95.6 Å². The summed E-state index contributed by atoms with van der Waals surface area (Å²) in [5.41, 5.74) is 5.44. The van der Waals surface area contributed by atoms with Crippen LogP contribution in [0.4, 0.5) is 5.69 Å². The van der Waals surface area contributed by atoms with Crippen LogP contribution in [0.3, 0.4) is 0 Å². The minimum absolute atomic E-state index is 0.0132. The minimum atomic E-state index is -0.843. The lowest BCUT2D eigenvalue weighted by Gasteiger charge is -2.12. The molecule has 22 heavy (non-hydrogen) atoms. The van der Waals surface area contributed by atoms with Crippen molar-refractivity contribution in [3.8, 4) is 0 Å². The molecule has 1 heterocycles. The molecular weight excluding hydrogens is 353 g/mol. The van der Waals surface area contributed by atoms with Crippen molar-refractivity contribution < 1.29 is 19.3 Å². The second-order valence-electron chi connectivity index (χ2n) is 5.13. The van der Waals surface area contributed by atoms with Crippen LogP contribution >= 0.6 is 34.8 Å². The molecule has 1 amide bonds. The van der Waals surface area contributed by atoms with E-state index in [1.165, 1.54) is 0 Å². The van der Waals surface area contributed by atoms with Gasteiger partial charge in [-0.15, -0.1) is 0 Å². The van der Waals surface area contributed by atoms with Crippen molar-refractivity contribution in [1.29, 1.82) is 0 Å². The summed E-state index contributed by atoms with van der Waals surface area (Å²) in [6, 6.07) is 0.0713. The third-order valence-electron chi connectivity index (χ3n) is 3.38. The van der Waals surface area contributed by atoms with E-state index in [2.05, 4.69) is 10.3 Å². The number of amides is 1. The number of pyridine rings is 1. The van der Waals surface area contributed by atoms with Crippen LogP contribution < -0.4 is 16.0 Å². The second-order valence-corrected chi connectivity index (χ2v) is 6.26. The fourth-order valence-electron chi connectivity index (χ4n) is 1.92. The number of hydrogen-bond donors (Lipinski definition) is 2. The zero-order valence-electron chi connectivity index (χ0n) is 11.7. The van der Waals surface area contributed by atoms with Crippen molar-refractivity contribution in [3.63, 3.8) is 0 Å². The lowest BCUT2D eigenvalue weighted by atomic mass is 10.2. The molecule has 1 aromatic heterocycles. The second kappa shape index (κ2) is 6.89. The van der Waals surface area contributed by atoms with E-state index < -0.39 is 12.6 Å². The SMILES string of the molecule is C[C@H](NC(=O)COC(=O)c1[nH+]c(Cl)c(Cl)c(N)c1Cl)C1CC1. The zero-order chi connectivity index (χ0) is 16.4. The summed E-state index contributed by atoms with van der Waals surface area (Å²) in [5, 5.41) is 2.63. The van der Waals surface area contributed by atoms with Gasteiger partial charge >= 0.3 is 11.7 Å². The fourth-order valence-corrected chi connectivity index (χ4v) is 2.53. The molecule has 0 saturated heterocycles. The quantitative estimate of drug-likeness (QED) is 0.615. The van der Waals surface area contributed by atoms with Gasteiger partial charge in [-0.05, 0) is 37.3 Å². The Morgan fingerprint density at radius 3 is 2.59 bits per heavy atom. The molecule has 120 valence electrons. The first kappa shape index (κ1) is 17.1. The van der Waals surface area contributed by atoms with Gasteiger partial charge in [0.2, 0.25) is 0 Å². The van der Waals surface area contributed by atoms with E-state index >= 15 is 0 Å². The number of anilines is 1. The van der Waals surface area contributed by atoms with Gasteiger partial charge in [-0.2, -0.15) is 4.98 Å². The van der Waals surface area contributed by atoms with Crippen molar-refractivity contribution >= 4 is 52.4 Å². The van der Waals surface area contributed by atoms with Gasteiger partial charge in [-0.25, -0.2) is 4.79 Å². The normalized spacial score (nSPS) is 15.3. The molecule has 2 rings (SSSR count). The molecule has 1 saturated carbocycles. The predicted molar refractivity (Wildman–Crippen MR) is 83.1 cm³/mol. The van der Waals surface area contributed by atoms with Crippen LogP contribution in [0.15, 0.2) is 0 Å². The van der Waals surface area contributed by atoms with Gasteiger partial charge in [-0.3, -0.25) is 4.79 Å². The van der Waals surface area contributed by atoms with E-state index in [1.807, 2.05) is 6.92 Å². The Balaban J connectivity index is 1.96. The minimum Gasteiger partial charge on any atom is -0.448 e. The number of rotatable bonds is 5. The Hall–Kier alpha value is -1.24. The van der Waals surface area contributed by atoms with Crippen LogP contribution in [0, 0.1) is 5.92 Å². The monoisotopic (exact) mass is 366 g/mol. The highest BCUT2D eigenvalue weighted by Crippen LogP contribution is 2.33. The van der Waals surface area contributed by atoms with Crippen LogP contribution in [0.1, 0.15) is 30.3 Å². The standard InChI is InChI=1S/C13H14Cl3N3O3/c1-5(6-2-3-6)18-7(20)4-22-13(21)11-8(14)10(17)9(15)12(16)19-11/h5-6H,2-4H2,1H3,(H2,17,19)(H,18,20)/p+1/t5-/m0/s1. The summed E-state index contributed by atoms with van der Waals surface area (Å²) in [7, 11) is 0. The average molecular weight is 368 g/mol. The molecule has 0 spiro atoms. The smallest absolute Gasteiger partial charge is 0.405 e. The largest absolute Gasteiger partial charge is 0.448 e. The molecular formula is C13H15Cl3N3O3+. The number of hydrogen-bond acceptors (Lipinski definition) is 4. The summed E-state index contributed by atoms with van der Waals surface area (Å²) >= 11 is 17.5. The fraction of sp³-hybridized carbons (Fsp3) is 0.462. The number of aromatic nitrogens is 1. The van der Waals surface area contributed by atoms with Gasteiger partial charge < -0.3 is 15.8 Å². The lowest BCUT2D eigenvalue weighted by Crippen LogP contribution is -2.37. The maximum atomic E-state index is 11.9. The molecule has 1 aromatic rings. The molecule has 1 aliphatic rings. The van der Waals surface area contributed by atoms with Gasteiger partial charge in [0.15, 0.2) is 6.61 Å². The lowest BCUT2D eigenvalue weighted by molar-refractivity contribution is -0.380. The van der Waals surface area contributed by atoms with E-state index in [9.17, 15) is 9.59 Å². The van der Waals surface area contributed by atoms with Gasteiger partial charge in [-0.1, -0.05) is 23.2 Å². The summed E-state index contributed by atoms with van der Waals surface area (Å²) in [6.07, 6.45) is 2.21. The summed E-state index contributed by atoms with van der Waals surface area (Å²) in [5.74, 6) is -0.710. The third kappa shape index (κ3) is 3.94. The Morgan fingerprint density at radius 1 is 1.36 bits per heavy atom. The molecule has 0 aliphatic heterocycles. The van der Waals surface area contributed by atoms with E-state index in [1.54, 1.807) is 0 Å². The molecule has 0 bridgehead atoms. The van der Waals surface area contributed by atoms with Gasteiger partial charge in [0, 0.05) is 6.04 Å². The molecule has 0 unspecified atom stereocenters. The Labute approximate surface area is 142 Å². The molecule has 0 radical (unpaired) electrons. The number of nitrogens with two attached hydrogens (primary N) is 1. The van der Waals surface area contributed by atoms with Crippen molar-refractivity contribution in [1.82, 2.24) is 5.32 Å². The third-order valence-corrected chi connectivity index (χ3v) is 4.54. The Morgan fingerprint density at radius 2 is 2.00 bits per heavy atom. The summed E-state index contributed by atoms with van der Waals surface area (Å²) < 4.78 is 4.90. The number of nitrogens with one attached hydrogen (secondary N) is 2. The van der Waals surface area contributed by atoms with Crippen molar-refractivity contribution in [2.24, 2.45) is 5.92 Å². The van der Waals surface area contributed by atoms with Gasteiger partial charge in [0.05, 0.1) is 5.69 Å². The van der Waals surface area contributed by atoms with Crippen LogP contribution in [-0.4, -0.2) is 24.5 Å². The molecule has 9 heteroatoms. The maximum absolute atomic E-state index is 11.9. The highest BCUT2D eigenvalue weighted by atomic mass is 35.5. The van der Waals surface area contributed by atoms with E-state index in [-0.39, 0.29) is 38.5 Å². The van der Waals surface area contributed by atoms with Gasteiger partial charge in [0.1, 0.15) is 10.0 Å². The summed E-state index contributed by atoms with van der Waals surface area (Å²) in [4.78, 5) is 26.1. The number of carbonyl (C=O) groups excluding carboxylic acids is 2. The van der Waals surface area contributed by atoms with E-state index in [4.69, 9.17) is 45.3 Å². The first-order chi connectivity index (χ1) is 10.3. The molecule has 4 N–H and O–H groups in total. The highest BCUT2D eigenvalue weighted by Gasteiger charge is 2.30. The van der Waals surface area contributed by atoms with Crippen LogP contribution in [0.5, 0.6) is 0 Å². The van der Waals surface area contributed by atoms with Crippen LogP contribution in [-0.2, 0) is 9.53 Å². The Bertz CT molecular complexity index is 620. The molecule has 6 nitrogen and oxygen atoms in total. The number of nitrogen functional groups attached to an aromatic ring is 1. The maximum Gasteiger partial charge on any atom is 0.405 e. The van der Waals surface area contributed by atoms with Gasteiger partial charge in [0.25, 0.3) is 11.1 Å². The van der Waals surface area contributed by atoms with E-state index in [0.717, 1.165) is 12.8 Å². The predicted octanol–water partition coefficient (Wildman–Crippen LogP) is 2.11. The van der Waals surface area contributed by atoms with Crippen LogP contribution in [0.2, 0.25) is 15.2 Å². The van der Waals surface area contributed by atoms with Crippen molar-refractivity contribution in [2.75, 3.05) is 12.3 Å². The average Bonchev–Trinajstić information content (AvgIpc) is 3.31. The van der Waals surface area contributed by atoms with E-state index in [0.29, 0.717) is 5.92 Å². The number of ether oxygens (including phenoxy) is 1. The zero-order valence-corrected chi connectivity index (χ0v) is 14.0. The number of esters is 1. The van der Waals surface area contributed by atoms with Crippen molar-refractivity contribution in [3.05, 3.63) is 20.9 Å². The number of carbonyl (C=O) groups is 2.